The summed E-state index contributed by atoms with van der Waals surface area (Å²) in [4.78, 5) is 9.54. The van der Waals surface area contributed by atoms with E-state index in [2.05, 4.69) is 0 Å². The van der Waals surface area contributed by atoms with Gasteiger partial charge in [-0.25, -0.2) is 0 Å². The topological polar surface area (TPSA) is 17.1 Å². The minimum absolute atomic E-state index is 0. The summed E-state index contributed by atoms with van der Waals surface area (Å²) in [6.45, 7) is 0.398. The van der Waals surface area contributed by atoms with Crippen LogP contribution in [0.1, 0.15) is 21.1 Å². The van der Waals surface area contributed by atoms with Crippen molar-refractivity contribution >= 4 is 6.29 Å². The molecule has 0 aromatic carbocycles. The largest absolute Gasteiger partial charge is 0.541 e. The van der Waals surface area contributed by atoms with Gasteiger partial charge in [-0.15, -0.1) is 12.5 Å². The number of hydrogen-bond donors (Lipinski definition) is 0. The van der Waals surface area contributed by atoms with E-state index in [1.807, 2.05) is 6.08 Å². The van der Waals surface area contributed by atoms with Crippen molar-refractivity contribution in [2.24, 2.45) is 0 Å². The molecule has 0 aliphatic rings. The van der Waals surface area contributed by atoms with E-state index in [9.17, 15) is 4.79 Å². The standard InChI is InChI=1S/C6H9O.Y/c1-2-3-4-5-6-7;/h3-4H,2,5H2,1H3;/q-1;/b4-3+;/i1D;. The first-order valence-corrected chi connectivity index (χ1v) is 2.21. The van der Waals surface area contributed by atoms with Gasteiger partial charge in [-0.2, -0.15) is 0 Å². The molecule has 2 heteroatoms. The van der Waals surface area contributed by atoms with Gasteiger partial charge in [-0.3, -0.25) is 6.29 Å². The average molecular weight is 187 g/mol. The first-order chi connectivity index (χ1) is 3.91. The predicted molar refractivity (Wildman–Crippen MR) is 29.7 cm³/mol. The molecule has 0 atom stereocenters. The second-order valence-corrected chi connectivity index (χ2v) is 1.11. The van der Waals surface area contributed by atoms with Crippen molar-refractivity contribution in [2.45, 2.75) is 19.7 Å². The first-order valence-electron chi connectivity index (χ1n) is 2.91. The summed E-state index contributed by atoms with van der Waals surface area (Å²) in [6, 6.07) is 0. The molecule has 8 heavy (non-hydrogen) atoms. The third-order valence-electron chi connectivity index (χ3n) is 0.535. The van der Waals surface area contributed by atoms with Gasteiger partial charge in [0.1, 0.15) is 0 Å². The molecule has 0 unspecified atom stereocenters. The molecule has 0 aliphatic heterocycles. The fourth-order valence-electron chi connectivity index (χ4n) is 0.249. The Labute approximate surface area is 76.8 Å². The third-order valence-corrected chi connectivity index (χ3v) is 0.535. The maximum atomic E-state index is 9.54. The Kier molecular flexibility index (Phi) is 11.2. The number of allylic oxidation sites excluding steroid dienone is 2. The van der Waals surface area contributed by atoms with Gasteiger partial charge in [0, 0.05) is 34.1 Å². The van der Waals surface area contributed by atoms with Crippen LogP contribution < -0.4 is 0 Å². The van der Waals surface area contributed by atoms with E-state index >= 15 is 0 Å². The van der Waals surface area contributed by atoms with Gasteiger partial charge < -0.3 is 4.79 Å². The zero-order chi connectivity index (χ0) is 6.24. The van der Waals surface area contributed by atoms with Crippen molar-refractivity contribution in [3.05, 3.63) is 12.2 Å². The summed E-state index contributed by atoms with van der Waals surface area (Å²) in [5.41, 5.74) is 0. The molecule has 1 radical (unpaired) electrons. The second kappa shape index (κ2) is 10.5. The minimum atomic E-state index is 0. The Balaban J connectivity index is 0. The molecular weight excluding hydrogens is 177 g/mol. The summed E-state index contributed by atoms with van der Waals surface area (Å²) in [5.74, 6) is 0. The van der Waals surface area contributed by atoms with Crippen LogP contribution in [-0.2, 0) is 37.5 Å². The Morgan fingerprint density at radius 3 is 3.00 bits per heavy atom. The summed E-state index contributed by atoms with van der Waals surface area (Å²) >= 11 is 0. The number of hydrogen-bond acceptors (Lipinski definition) is 1. The Morgan fingerprint density at radius 1 is 1.75 bits per heavy atom. The molecule has 0 N–H and O–H groups in total. The van der Waals surface area contributed by atoms with E-state index in [-0.39, 0.29) is 32.7 Å². The van der Waals surface area contributed by atoms with E-state index in [4.69, 9.17) is 1.37 Å². The number of rotatable bonds is 3. The monoisotopic (exact) mass is 187 g/mol. The van der Waals surface area contributed by atoms with E-state index in [1.54, 1.807) is 12.4 Å². The van der Waals surface area contributed by atoms with Gasteiger partial charge in [0.15, 0.2) is 0 Å². The van der Waals surface area contributed by atoms with E-state index in [0.29, 0.717) is 13.3 Å². The summed E-state index contributed by atoms with van der Waals surface area (Å²) in [6.07, 6.45) is 6.37. The normalized spacial score (nSPS) is 10.2. The molecule has 1 nitrogen and oxygen atoms in total. The van der Waals surface area contributed by atoms with Crippen LogP contribution in [0.5, 0.6) is 0 Å². The van der Waals surface area contributed by atoms with Crippen LogP contribution in [0.25, 0.3) is 0 Å². The van der Waals surface area contributed by atoms with Crippen molar-refractivity contribution in [2.75, 3.05) is 0 Å². The maximum absolute atomic E-state index is 9.54. The zero-order valence-electron chi connectivity index (χ0n) is 5.76. The van der Waals surface area contributed by atoms with Crippen molar-refractivity contribution in [3.8, 4) is 0 Å². The Morgan fingerprint density at radius 2 is 2.50 bits per heavy atom. The van der Waals surface area contributed by atoms with Gasteiger partial charge in [0.2, 0.25) is 0 Å². The van der Waals surface area contributed by atoms with Crippen molar-refractivity contribution in [1.82, 2.24) is 0 Å². The summed E-state index contributed by atoms with van der Waals surface area (Å²) < 4.78 is 6.69. The quantitative estimate of drug-likeness (QED) is 0.482. The summed E-state index contributed by atoms with van der Waals surface area (Å²) in [7, 11) is 0. The zero-order valence-corrected chi connectivity index (χ0v) is 7.60. The number of carbonyl (C=O) groups excluding carboxylic acids is 1. The van der Waals surface area contributed by atoms with Crippen molar-refractivity contribution in [3.63, 3.8) is 0 Å². The molecule has 43 valence electrons. The molecule has 0 aromatic heterocycles. The average Bonchev–Trinajstić information content (AvgIpc) is 1.81. The van der Waals surface area contributed by atoms with Crippen LogP contribution in [0.2, 0.25) is 0 Å². The van der Waals surface area contributed by atoms with Crippen LogP contribution in [-0.4, -0.2) is 6.29 Å². The molecule has 0 rings (SSSR count). The SMILES string of the molecule is [2H]CC/C=C/C[C-]=O.[Y]. The van der Waals surface area contributed by atoms with Gasteiger partial charge >= 0.3 is 0 Å². The van der Waals surface area contributed by atoms with Gasteiger partial charge in [0.05, 0.1) is 0 Å². The maximum Gasteiger partial charge on any atom is 0.0233 e. The Bertz CT molecular complexity index is 83.1. The molecular formula is C6H9OY-. The van der Waals surface area contributed by atoms with E-state index < -0.39 is 0 Å². The molecule has 0 saturated heterocycles. The fraction of sp³-hybridized carbons (Fsp3) is 0.500. The predicted octanol–water partition coefficient (Wildman–Crippen LogP) is 1.45. The van der Waals surface area contributed by atoms with Crippen molar-refractivity contribution in [1.29, 1.82) is 0 Å². The van der Waals surface area contributed by atoms with Gasteiger partial charge in [0.25, 0.3) is 0 Å². The molecule has 0 heterocycles. The van der Waals surface area contributed by atoms with Crippen molar-refractivity contribution < 1.29 is 38.9 Å². The van der Waals surface area contributed by atoms with Crippen LogP contribution in [0, 0.1) is 0 Å². The van der Waals surface area contributed by atoms with Crippen LogP contribution in [0.4, 0.5) is 0 Å². The molecule has 0 saturated carbocycles. The molecule has 0 amide bonds. The molecule has 0 aliphatic carbocycles. The molecule has 0 spiro atoms. The molecule has 0 fully saturated rings. The first kappa shape index (κ1) is 8.51. The second-order valence-electron chi connectivity index (χ2n) is 1.11. The van der Waals surface area contributed by atoms with Crippen LogP contribution >= 0.6 is 0 Å². The van der Waals surface area contributed by atoms with E-state index in [1.165, 1.54) is 0 Å². The summed E-state index contributed by atoms with van der Waals surface area (Å²) in [5, 5.41) is 0. The molecule has 0 bridgehead atoms. The fourth-order valence-corrected chi connectivity index (χ4v) is 0.249. The Hall–Kier alpha value is 0.514. The van der Waals surface area contributed by atoms with Gasteiger partial charge in [-0.05, 0) is 6.42 Å². The molecule has 0 aromatic rings. The van der Waals surface area contributed by atoms with Crippen LogP contribution in [0.3, 0.4) is 0 Å². The van der Waals surface area contributed by atoms with E-state index in [0.717, 1.165) is 6.42 Å². The smallest absolute Gasteiger partial charge is 0.0233 e. The van der Waals surface area contributed by atoms with Gasteiger partial charge in [-0.1, -0.05) is 13.0 Å². The third kappa shape index (κ3) is 9.72. The minimum Gasteiger partial charge on any atom is -0.541 e. The van der Waals surface area contributed by atoms with Crippen LogP contribution in [0.15, 0.2) is 12.2 Å².